The van der Waals surface area contributed by atoms with Crippen molar-refractivity contribution in [3.8, 4) is 0 Å². The van der Waals surface area contributed by atoms with Crippen LogP contribution in [0.15, 0.2) is 18.2 Å². The Labute approximate surface area is 127 Å². The Morgan fingerprint density at radius 3 is 2.81 bits per heavy atom. The Morgan fingerprint density at radius 1 is 1.43 bits per heavy atom. The molecule has 1 aliphatic rings. The van der Waals surface area contributed by atoms with E-state index in [0.717, 1.165) is 29.8 Å². The van der Waals surface area contributed by atoms with Crippen molar-refractivity contribution in [1.82, 2.24) is 4.90 Å². The second-order valence-electron chi connectivity index (χ2n) is 6.28. The number of nitrogens with zero attached hydrogens (tertiary/aromatic N) is 1. The quantitative estimate of drug-likeness (QED) is 0.926. The van der Waals surface area contributed by atoms with Crippen molar-refractivity contribution in [2.75, 3.05) is 31.6 Å². The van der Waals surface area contributed by atoms with Crippen LogP contribution >= 0.6 is 0 Å². The molecule has 2 rings (SSSR count). The molecule has 0 radical (unpaired) electrons. The summed E-state index contributed by atoms with van der Waals surface area (Å²) in [4.78, 5) is 14.7. The van der Waals surface area contributed by atoms with E-state index in [2.05, 4.69) is 12.2 Å². The van der Waals surface area contributed by atoms with Crippen LogP contribution < -0.4 is 5.32 Å². The van der Waals surface area contributed by atoms with Gasteiger partial charge in [-0.3, -0.25) is 4.79 Å². The molecule has 1 aromatic rings. The number of amides is 1. The van der Waals surface area contributed by atoms with Gasteiger partial charge in [0.15, 0.2) is 0 Å². The van der Waals surface area contributed by atoms with Crippen molar-refractivity contribution in [3.05, 3.63) is 29.3 Å². The molecule has 0 spiro atoms. The van der Waals surface area contributed by atoms with Gasteiger partial charge in [0.25, 0.3) is 5.91 Å². The fourth-order valence-electron chi connectivity index (χ4n) is 2.65. The van der Waals surface area contributed by atoms with Crippen molar-refractivity contribution < 1.29 is 9.53 Å². The molecule has 1 saturated heterocycles. The average Bonchev–Trinajstić information content (AvgIpc) is 2.45. The Bertz CT molecular complexity index is 512. The molecule has 0 aromatic heterocycles. The molecule has 0 atom stereocenters. The Morgan fingerprint density at radius 2 is 2.19 bits per heavy atom. The minimum atomic E-state index is -0.248. The first-order valence-corrected chi connectivity index (χ1v) is 7.70. The van der Waals surface area contributed by atoms with Crippen LogP contribution in [-0.2, 0) is 4.74 Å². The number of benzene rings is 1. The van der Waals surface area contributed by atoms with Crippen molar-refractivity contribution in [2.24, 2.45) is 0 Å². The summed E-state index contributed by atoms with van der Waals surface area (Å²) in [6, 6.07) is 5.90. The summed E-state index contributed by atoms with van der Waals surface area (Å²) in [5.74, 6) is 0.0911. The van der Waals surface area contributed by atoms with Crippen LogP contribution in [0, 0.1) is 6.92 Å². The molecule has 1 amide bonds. The molecule has 1 N–H and O–H groups in total. The Hall–Kier alpha value is -1.55. The average molecular weight is 290 g/mol. The molecule has 1 aromatic carbocycles. The number of morpholine rings is 1. The Kier molecular flexibility index (Phi) is 4.88. The highest BCUT2D eigenvalue weighted by molar-refractivity contribution is 5.95. The third-order valence-electron chi connectivity index (χ3n) is 3.93. The highest BCUT2D eigenvalue weighted by atomic mass is 16.5. The number of carbonyl (C=O) groups excluding carboxylic acids is 1. The predicted octanol–water partition coefficient (Wildman–Crippen LogP) is 3.07. The number of nitrogens with one attached hydrogen (secondary N) is 1. The molecule has 1 heterocycles. The summed E-state index contributed by atoms with van der Waals surface area (Å²) in [5.41, 5.74) is 2.72. The molecular weight excluding hydrogens is 264 g/mol. The lowest BCUT2D eigenvalue weighted by molar-refractivity contribution is -0.0370. The van der Waals surface area contributed by atoms with E-state index >= 15 is 0 Å². The van der Waals surface area contributed by atoms with E-state index in [0.29, 0.717) is 19.8 Å². The minimum absolute atomic E-state index is 0.0911. The number of aryl methyl sites for hydroxylation is 1. The summed E-state index contributed by atoms with van der Waals surface area (Å²) < 4.78 is 5.48. The standard InChI is InChI=1S/C17H26N2O2/c1-5-8-18-15-7-6-14(11-13(15)2)16(20)19-9-10-21-12-17(19,3)4/h6-7,11,18H,5,8-10,12H2,1-4H3. The predicted molar refractivity (Wildman–Crippen MR) is 85.9 cm³/mol. The SMILES string of the molecule is CCCNc1ccc(C(=O)N2CCOCC2(C)C)cc1C. The highest BCUT2D eigenvalue weighted by Crippen LogP contribution is 2.24. The van der Waals surface area contributed by atoms with Crippen molar-refractivity contribution in [1.29, 1.82) is 0 Å². The second-order valence-corrected chi connectivity index (χ2v) is 6.28. The van der Waals surface area contributed by atoms with Crippen molar-refractivity contribution in [2.45, 2.75) is 39.7 Å². The third kappa shape index (κ3) is 3.56. The number of anilines is 1. The maximum absolute atomic E-state index is 12.7. The van der Waals surface area contributed by atoms with Gasteiger partial charge >= 0.3 is 0 Å². The molecular formula is C17H26N2O2. The van der Waals surface area contributed by atoms with E-state index in [4.69, 9.17) is 4.74 Å². The first kappa shape index (κ1) is 15.8. The molecule has 4 heteroatoms. The van der Waals surface area contributed by atoms with Crippen LogP contribution in [0.3, 0.4) is 0 Å². The van der Waals surface area contributed by atoms with Crippen LogP contribution in [0.1, 0.15) is 43.1 Å². The van der Waals surface area contributed by atoms with Crippen LogP contribution in [-0.4, -0.2) is 42.6 Å². The molecule has 116 valence electrons. The van der Waals surface area contributed by atoms with Gasteiger partial charge in [-0.1, -0.05) is 6.92 Å². The van der Waals surface area contributed by atoms with Crippen LogP contribution in [0.4, 0.5) is 5.69 Å². The molecule has 21 heavy (non-hydrogen) atoms. The second kappa shape index (κ2) is 6.48. The van der Waals surface area contributed by atoms with Crippen LogP contribution in [0.2, 0.25) is 0 Å². The van der Waals surface area contributed by atoms with Gasteiger partial charge in [-0.05, 0) is 51.0 Å². The maximum Gasteiger partial charge on any atom is 0.254 e. The van der Waals surface area contributed by atoms with E-state index in [1.807, 2.05) is 43.9 Å². The fraction of sp³-hybridized carbons (Fsp3) is 0.588. The number of hydrogen-bond donors (Lipinski definition) is 1. The van der Waals surface area contributed by atoms with E-state index in [-0.39, 0.29) is 11.4 Å². The van der Waals surface area contributed by atoms with E-state index < -0.39 is 0 Å². The molecule has 0 unspecified atom stereocenters. The monoisotopic (exact) mass is 290 g/mol. The zero-order chi connectivity index (χ0) is 15.5. The topological polar surface area (TPSA) is 41.6 Å². The number of rotatable bonds is 4. The van der Waals surface area contributed by atoms with Crippen molar-refractivity contribution in [3.63, 3.8) is 0 Å². The number of ether oxygens (including phenoxy) is 1. The van der Waals surface area contributed by atoms with E-state index in [1.165, 1.54) is 0 Å². The van der Waals surface area contributed by atoms with Gasteiger partial charge < -0.3 is 15.0 Å². The largest absolute Gasteiger partial charge is 0.385 e. The lowest BCUT2D eigenvalue weighted by Crippen LogP contribution is -2.55. The summed E-state index contributed by atoms with van der Waals surface area (Å²) in [6.45, 7) is 11.1. The first-order chi connectivity index (χ1) is 9.95. The molecule has 0 aliphatic carbocycles. The molecule has 0 saturated carbocycles. The normalized spacial score (nSPS) is 17.6. The summed E-state index contributed by atoms with van der Waals surface area (Å²) in [5, 5.41) is 3.38. The number of hydrogen-bond acceptors (Lipinski definition) is 3. The molecule has 0 bridgehead atoms. The maximum atomic E-state index is 12.7. The highest BCUT2D eigenvalue weighted by Gasteiger charge is 2.34. The zero-order valence-electron chi connectivity index (χ0n) is 13.5. The van der Waals surface area contributed by atoms with Crippen LogP contribution in [0.25, 0.3) is 0 Å². The first-order valence-electron chi connectivity index (χ1n) is 7.70. The zero-order valence-corrected chi connectivity index (χ0v) is 13.5. The van der Waals surface area contributed by atoms with Gasteiger partial charge in [0.2, 0.25) is 0 Å². The molecule has 4 nitrogen and oxygen atoms in total. The molecule has 1 aliphatic heterocycles. The number of carbonyl (C=O) groups is 1. The molecule has 1 fully saturated rings. The summed E-state index contributed by atoms with van der Waals surface area (Å²) in [6.07, 6.45) is 1.09. The lowest BCUT2D eigenvalue weighted by atomic mass is 10.00. The third-order valence-corrected chi connectivity index (χ3v) is 3.93. The lowest BCUT2D eigenvalue weighted by Gasteiger charge is -2.42. The van der Waals surface area contributed by atoms with Crippen LogP contribution in [0.5, 0.6) is 0 Å². The van der Waals surface area contributed by atoms with Gasteiger partial charge in [0, 0.05) is 24.3 Å². The minimum Gasteiger partial charge on any atom is -0.385 e. The van der Waals surface area contributed by atoms with Gasteiger partial charge in [-0.2, -0.15) is 0 Å². The Balaban J connectivity index is 2.17. The fourth-order valence-corrected chi connectivity index (χ4v) is 2.65. The summed E-state index contributed by atoms with van der Waals surface area (Å²) in [7, 11) is 0. The van der Waals surface area contributed by atoms with E-state index in [1.54, 1.807) is 0 Å². The van der Waals surface area contributed by atoms with Gasteiger partial charge in [0.1, 0.15) is 0 Å². The summed E-state index contributed by atoms with van der Waals surface area (Å²) >= 11 is 0. The van der Waals surface area contributed by atoms with Gasteiger partial charge in [0.05, 0.1) is 18.8 Å². The smallest absolute Gasteiger partial charge is 0.254 e. The van der Waals surface area contributed by atoms with Crippen molar-refractivity contribution >= 4 is 11.6 Å². The van der Waals surface area contributed by atoms with E-state index in [9.17, 15) is 4.79 Å². The van der Waals surface area contributed by atoms with Gasteiger partial charge in [-0.15, -0.1) is 0 Å². The van der Waals surface area contributed by atoms with Gasteiger partial charge in [-0.25, -0.2) is 0 Å².